The van der Waals surface area contributed by atoms with Gasteiger partial charge in [-0.3, -0.25) is 9.59 Å². The zero-order chi connectivity index (χ0) is 11.5. The normalized spacial score (nSPS) is 28.1. The zero-order valence-electron chi connectivity index (χ0n) is 9.52. The van der Waals surface area contributed by atoms with Crippen molar-refractivity contribution >= 4 is 11.9 Å². The Morgan fingerprint density at radius 1 is 1.19 bits per heavy atom. The van der Waals surface area contributed by atoms with Crippen LogP contribution < -0.4 is 0 Å². The molecule has 0 radical (unpaired) electrons. The first-order valence-corrected chi connectivity index (χ1v) is 6.21. The summed E-state index contributed by atoms with van der Waals surface area (Å²) in [7, 11) is 0. The molecule has 2 rings (SSSR count). The molecule has 90 valence electrons. The second kappa shape index (κ2) is 4.85. The van der Waals surface area contributed by atoms with Crippen molar-refractivity contribution in [2.45, 2.75) is 51.0 Å². The molecule has 1 heterocycles. The maximum atomic E-state index is 11.8. The molecule has 0 aromatic heterocycles. The van der Waals surface area contributed by atoms with E-state index in [-0.39, 0.29) is 12.3 Å². The van der Waals surface area contributed by atoms with Crippen molar-refractivity contribution < 1.29 is 14.7 Å². The van der Waals surface area contributed by atoms with Crippen LogP contribution >= 0.6 is 0 Å². The summed E-state index contributed by atoms with van der Waals surface area (Å²) < 4.78 is 0. The summed E-state index contributed by atoms with van der Waals surface area (Å²) in [5.41, 5.74) is 0. The molecule has 0 aromatic rings. The molecule has 1 atom stereocenters. The average molecular weight is 225 g/mol. The molecule has 4 heteroatoms. The zero-order valence-corrected chi connectivity index (χ0v) is 9.52. The van der Waals surface area contributed by atoms with Gasteiger partial charge in [-0.05, 0) is 12.8 Å². The fourth-order valence-corrected chi connectivity index (χ4v) is 2.82. The number of carbonyl (C=O) groups is 2. The lowest BCUT2D eigenvalue weighted by Crippen LogP contribution is -2.36. The van der Waals surface area contributed by atoms with Crippen LogP contribution in [0.1, 0.15) is 44.9 Å². The van der Waals surface area contributed by atoms with Crippen LogP contribution in [-0.4, -0.2) is 34.5 Å². The van der Waals surface area contributed by atoms with E-state index in [1.165, 1.54) is 25.7 Å². The third kappa shape index (κ3) is 2.36. The lowest BCUT2D eigenvalue weighted by atomic mass is 10.1. The summed E-state index contributed by atoms with van der Waals surface area (Å²) in [5, 5.41) is 8.92. The standard InChI is InChI=1S/C12H19NO3/c14-11-7-9(12(15)16)8-13(11)10-5-3-1-2-4-6-10/h9-10H,1-8H2,(H,15,16)/t9-/m1/s1. The minimum atomic E-state index is -0.829. The number of carboxylic acid groups (broad SMARTS) is 1. The van der Waals surface area contributed by atoms with Crippen molar-refractivity contribution in [1.82, 2.24) is 4.90 Å². The molecule has 0 aromatic carbocycles. The number of aliphatic carboxylic acids is 1. The van der Waals surface area contributed by atoms with Gasteiger partial charge in [0.1, 0.15) is 0 Å². The highest BCUT2D eigenvalue weighted by Crippen LogP contribution is 2.27. The minimum Gasteiger partial charge on any atom is -0.481 e. The Morgan fingerprint density at radius 3 is 2.31 bits per heavy atom. The third-order valence-electron chi connectivity index (χ3n) is 3.77. The molecular formula is C12H19NO3. The topological polar surface area (TPSA) is 57.6 Å². The van der Waals surface area contributed by atoms with E-state index in [1.807, 2.05) is 4.90 Å². The van der Waals surface area contributed by atoms with E-state index in [0.717, 1.165) is 12.8 Å². The number of hydrogen-bond acceptors (Lipinski definition) is 2. The summed E-state index contributed by atoms with van der Waals surface area (Å²) in [6, 6.07) is 0.305. The molecule has 1 amide bonds. The van der Waals surface area contributed by atoms with Crippen LogP contribution in [0.4, 0.5) is 0 Å². The van der Waals surface area contributed by atoms with Crippen molar-refractivity contribution in [3.8, 4) is 0 Å². The van der Waals surface area contributed by atoms with Crippen LogP contribution in [0.2, 0.25) is 0 Å². The number of likely N-dealkylation sites (tertiary alicyclic amines) is 1. The van der Waals surface area contributed by atoms with Gasteiger partial charge in [0.2, 0.25) is 5.91 Å². The Kier molecular flexibility index (Phi) is 3.46. The van der Waals surface area contributed by atoms with Gasteiger partial charge >= 0.3 is 5.97 Å². The molecule has 0 bridgehead atoms. The van der Waals surface area contributed by atoms with Gasteiger partial charge in [0.25, 0.3) is 0 Å². The number of amides is 1. The predicted octanol–water partition coefficient (Wildman–Crippen LogP) is 1.64. The molecule has 1 saturated carbocycles. The maximum absolute atomic E-state index is 11.8. The quantitative estimate of drug-likeness (QED) is 0.727. The first-order chi connectivity index (χ1) is 7.68. The van der Waals surface area contributed by atoms with Crippen LogP contribution in [-0.2, 0) is 9.59 Å². The molecule has 1 saturated heterocycles. The van der Waals surface area contributed by atoms with E-state index in [1.54, 1.807) is 0 Å². The molecule has 1 aliphatic carbocycles. The Hall–Kier alpha value is -1.06. The average Bonchev–Trinajstić information content (AvgIpc) is 2.50. The van der Waals surface area contributed by atoms with Gasteiger partial charge in [-0.15, -0.1) is 0 Å². The summed E-state index contributed by atoms with van der Waals surface area (Å²) in [6.45, 7) is 0.429. The molecule has 4 nitrogen and oxygen atoms in total. The van der Waals surface area contributed by atoms with E-state index in [9.17, 15) is 9.59 Å². The molecule has 1 N–H and O–H groups in total. The molecule has 2 fully saturated rings. The molecule has 1 aliphatic heterocycles. The molecule has 2 aliphatic rings. The van der Waals surface area contributed by atoms with Crippen molar-refractivity contribution in [2.24, 2.45) is 5.92 Å². The molecule has 0 spiro atoms. The Morgan fingerprint density at radius 2 is 1.81 bits per heavy atom. The number of rotatable bonds is 2. The highest BCUT2D eigenvalue weighted by Gasteiger charge is 2.37. The number of hydrogen-bond donors (Lipinski definition) is 1. The van der Waals surface area contributed by atoms with E-state index >= 15 is 0 Å². The molecule has 16 heavy (non-hydrogen) atoms. The fourth-order valence-electron chi connectivity index (χ4n) is 2.82. The maximum Gasteiger partial charge on any atom is 0.308 e. The Balaban J connectivity index is 1.98. The monoisotopic (exact) mass is 225 g/mol. The third-order valence-corrected chi connectivity index (χ3v) is 3.77. The number of nitrogens with zero attached hydrogens (tertiary/aromatic N) is 1. The van der Waals surface area contributed by atoms with E-state index in [4.69, 9.17) is 5.11 Å². The van der Waals surface area contributed by atoms with Gasteiger partial charge in [-0.1, -0.05) is 25.7 Å². The lowest BCUT2D eigenvalue weighted by Gasteiger charge is -2.26. The predicted molar refractivity (Wildman–Crippen MR) is 58.9 cm³/mol. The second-order valence-corrected chi connectivity index (χ2v) is 4.93. The van der Waals surface area contributed by atoms with Crippen molar-refractivity contribution in [3.63, 3.8) is 0 Å². The van der Waals surface area contributed by atoms with Crippen molar-refractivity contribution in [2.75, 3.05) is 6.54 Å². The first-order valence-electron chi connectivity index (χ1n) is 6.21. The highest BCUT2D eigenvalue weighted by molar-refractivity contribution is 5.86. The van der Waals surface area contributed by atoms with Crippen molar-refractivity contribution in [3.05, 3.63) is 0 Å². The number of carbonyl (C=O) groups excluding carboxylic acids is 1. The first kappa shape index (κ1) is 11.4. The van der Waals surface area contributed by atoms with Gasteiger partial charge < -0.3 is 10.0 Å². The fraction of sp³-hybridized carbons (Fsp3) is 0.833. The highest BCUT2D eigenvalue weighted by atomic mass is 16.4. The molecular weight excluding hydrogens is 206 g/mol. The number of carboxylic acids is 1. The van der Waals surface area contributed by atoms with Gasteiger partial charge in [-0.2, -0.15) is 0 Å². The Labute approximate surface area is 95.6 Å². The van der Waals surface area contributed by atoms with Gasteiger partial charge in [-0.25, -0.2) is 0 Å². The van der Waals surface area contributed by atoms with Crippen LogP contribution in [0.5, 0.6) is 0 Å². The van der Waals surface area contributed by atoms with Gasteiger partial charge in [0.15, 0.2) is 0 Å². The Bertz CT molecular complexity index is 282. The summed E-state index contributed by atoms with van der Waals surface area (Å²) >= 11 is 0. The van der Waals surface area contributed by atoms with Crippen LogP contribution in [0.25, 0.3) is 0 Å². The smallest absolute Gasteiger partial charge is 0.308 e. The van der Waals surface area contributed by atoms with Crippen molar-refractivity contribution in [1.29, 1.82) is 0 Å². The van der Waals surface area contributed by atoms with E-state index in [0.29, 0.717) is 12.6 Å². The largest absolute Gasteiger partial charge is 0.481 e. The second-order valence-electron chi connectivity index (χ2n) is 4.93. The summed E-state index contributed by atoms with van der Waals surface area (Å²) in [6.07, 6.45) is 7.15. The van der Waals surface area contributed by atoms with E-state index in [2.05, 4.69) is 0 Å². The van der Waals surface area contributed by atoms with Crippen LogP contribution in [0, 0.1) is 5.92 Å². The molecule has 0 unspecified atom stereocenters. The van der Waals surface area contributed by atoms with Gasteiger partial charge in [0.05, 0.1) is 5.92 Å². The van der Waals surface area contributed by atoms with Crippen LogP contribution in [0.15, 0.2) is 0 Å². The summed E-state index contributed by atoms with van der Waals surface area (Å²) in [5.74, 6) is -1.26. The summed E-state index contributed by atoms with van der Waals surface area (Å²) in [4.78, 5) is 24.5. The van der Waals surface area contributed by atoms with Gasteiger partial charge in [0, 0.05) is 19.0 Å². The van der Waals surface area contributed by atoms with Crippen LogP contribution in [0.3, 0.4) is 0 Å². The SMILES string of the molecule is O=C(O)[C@@H]1CC(=O)N(C2CCCCCC2)C1. The minimum absolute atomic E-state index is 0.0410. The lowest BCUT2D eigenvalue weighted by molar-refractivity contribution is -0.141. The van der Waals surface area contributed by atoms with E-state index < -0.39 is 11.9 Å².